The van der Waals surface area contributed by atoms with Crippen molar-refractivity contribution in [3.63, 3.8) is 0 Å². The van der Waals surface area contributed by atoms with Gasteiger partial charge in [-0.05, 0) is 63.1 Å². The molecule has 3 rings (SSSR count). The fraction of sp³-hybridized carbons (Fsp3) is 0.519. The summed E-state index contributed by atoms with van der Waals surface area (Å²) in [5.74, 6) is -4.23. The first-order valence-electron chi connectivity index (χ1n) is 13.5. The summed E-state index contributed by atoms with van der Waals surface area (Å²) >= 11 is 0. The molecule has 218 valence electrons. The number of carboxylic acids is 2. The molecule has 1 aromatic carbocycles. The zero-order chi connectivity index (χ0) is 29.2. The zero-order valence-electron chi connectivity index (χ0n) is 22.3. The number of H-pyrrole nitrogens is 1. The van der Waals surface area contributed by atoms with Crippen LogP contribution in [-0.2, 0) is 30.4 Å². The molecule has 13 nitrogen and oxygen atoms in total. The minimum Gasteiger partial charge on any atom is -0.481 e. The Morgan fingerprint density at radius 3 is 2.45 bits per heavy atom. The van der Waals surface area contributed by atoms with Crippen LogP contribution in [0.5, 0.6) is 0 Å². The summed E-state index contributed by atoms with van der Waals surface area (Å²) in [4.78, 5) is 66.8. The number of hydrogen-bond donors (Lipinski definition) is 7. The standard InChI is InChI=1S/C27H38N6O7/c28-12-4-3-8-20(31-24(36)18(29)14-16-15-30-19-7-2-1-6-17(16)19)25(37)32-21(10-11-23(34)35)26(38)33-13-5-9-22(33)27(39)40/h1-2,6-7,15,18,20-22,30H,3-5,8-14,28-29H2,(H,31,36)(H,32,37)(H,34,35)(H,39,40). The van der Waals surface area contributed by atoms with Gasteiger partial charge < -0.3 is 42.2 Å². The van der Waals surface area contributed by atoms with E-state index in [4.69, 9.17) is 11.5 Å². The summed E-state index contributed by atoms with van der Waals surface area (Å²) in [6.07, 6.45) is 3.43. The summed E-state index contributed by atoms with van der Waals surface area (Å²) in [6.45, 7) is 0.572. The highest BCUT2D eigenvalue weighted by Gasteiger charge is 2.38. The number of aromatic nitrogens is 1. The number of para-hydroxylation sites is 1. The van der Waals surface area contributed by atoms with Gasteiger partial charge in [-0.2, -0.15) is 0 Å². The SMILES string of the molecule is NCCCCC(NC(=O)C(N)Cc1c[nH]c2ccccc12)C(=O)NC(CCC(=O)O)C(=O)N1CCCC1C(=O)O. The van der Waals surface area contributed by atoms with E-state index in [2.05, 4.69) is 15.6 Å². The molecule has 1 saturated heterocycles. The highest BCUT2D eigenvalue weighted by molar-refractivity contribution is 5.94. The van der Waals surface area contributed by atoms with Crippen LogP contribution in [0.25, 0.3) is 10.9 Å². The van der Waals surface area contributed by atoms with E-state index in [1.165, 1.54) is 0 Å². The molecular weight excluding hydrogens is 520 g/mol. The van der Waals surface area contributed by atoms with Crippen molar-refractivity contribution in [1.82, 2.24) is 20.5 Å². The number of likely N-dealkylation sites (tertiary alicyclic amines) is 1. The van der Waals surface area contributed by atoms with Gasteiger partial charge in [0.05, 0.1) is 6.04 Å². The number of hydrogen-bond acceptors (Lipinski definition) is 7. The van der Waals surface area contributed by atoms with Gasteiger partial charge in [0.1, 0.15) is 18.1 Å². The van der Waals surface area contributed by atoms with Crippen molar-refractivity contribution < 1.29 is 34.2 Å². The first-order chi connectivity index (χ1) is 19.1. The number of aromatic amines is 1. The van der Waals surface area contributed by atoms with Crippen LogP contribution in [0.15, 0.2) is 30.5 Å². The van der Waals surface area contributed by atoms with E-state index < -0.39 is 60.2 Å². The van der Waals surface area contributed by atoms with Crippen LogP contribution in [-0.4, -0.2) is 87.0 Å². The molecule has 0 bridgehead atoms. The summed E-state index contributed by atoms with van der Waals surface area (Å²) in [5.41, 5.74) is 13.5. The number of fused-ring (bicyclic) bond motifs is 1. The lowest BCUT2D eigenvalue weighted by Gasteiger charge is -2.29. The van der Waals surface area contributed by atoms with E-state index in [0.29, 0.717) is 25.8 Å². The number of nitrogens with two attached hydrogens (primary N) is 2. The Kier molecular flexibility index (Phi) is 11.0. The summed E-state index contributed by atoms with van der Waals surface area (Å²) in [5, 5.41) is 24.8. The molecule has 40 heavy (non-hydrogen) atoms. The second kappa shape index (κ2) is 14.4. The second-order valence-corrected chi connectivity index (χ2v) is 10.0. The lowest BCUT2D eigenvalue weighted by molar-refractivity contribution is -0.150. The summed E-state index contributed by atoms with van der Waals surface area (Å²) < 4.78 is 0. The molecule has 2 heterocycles. The topological polar surface area (TPSA) is 221 Å². The second-order valence-electron chi connectivity index (χ2n) is 10.0. The number of aliphatic carboxylic acids is 2. The molecular formula is C27H38N6O7. The van der Waals surface area contributed by atoms with E-state index in [1.54, 1.807) is 6.20 Å². The van der Waals surface area contributed by atoms with Gasteiger partial charge in [-0.15, -0.1) is 0 Å². The minimum absolute atomic E-state index is 0.189. The average Bonchev–Trinajstić information content (AvgIpc) is 3.58. The van der Waals surface area contributed by atoms with Crippen molar-refractivity contribution in [3.8, 4) is 0 Å². The monoisotopic (exact) mass is 558 g/mol. The molecule has 1 aliphatic rings. The Balaban J connectivity index is 1.72. The number of carboxylic acid groups (broad SMARTS) is 2. The quantitative estimate of drug-likeness (QED) is 0.147. The smallest absolute Gasteiger partial charge is 0.326 e. The lowest BCUT2D eigenvalue weighted by Crippen LogP contribution is -2.57. The van der Waals surface area contributed by atoms with E-state index in [1.807, 2.05) is 24.3 Å². The van der Waals surface area contributed by atoms with Gasteiger partial charge in [0.15, 0.2) is 0 Å². The molecule has 4 unspecified atom stereocenters. The predicted molar refractivity (Wildman–Crippen MR) is 146 cm³/mol. The Labute approximate surface area is 231 Å². The van der Waals surface area contributed by atoms with Crippen molar-refractivity contribution in [2.24, 2.45) is 11.5 Å². The average molecular weight is 559 g/mol. The zero-order valence-corrected chi connectivity index (χ0v) is 22.3. The minimum atomic E-state index is -1.27. The third-order valence-corrected chi connectivity index (χ3v) is 7.11. The highest BCUT2D eigenvalue weighted by Crippen LogP contribution is 2.21. The molecule has 0 spiro atoms. The summed E-state index contributed by atoms with van der Waals surface area (Å²) in [6, 6.07) is 3.27. The van der Waals surface area contributed by atoms with Gasteiger partial charge in [-0.1, -0.05) is 18.2 Å². The van der Waals surface area contributed by atoms with E-state index in [0.717, 1.165) is 21.4 Å². The number of rotatable bonds is 15. The molecule has 13 heteroatoms. The molecule has 0 saturated carbocycles. The van der Waals surface area contributed by atoms with Crippen molar-refractivity contribution in [3.05, 3.63) is 36.0 Å². The van der Waals surface area contributed by atoms with Gasteiger partial charge in [-0.3, -0.25) is 19.2 Å². The number of carbonyl (C=O) groups is 5. The Hall–Kier alpha value is -3.97. The van der Waals surface area contributed by atoms with Crippen LogP contribution in [0.4, 0.5) is 0 Å². The number of carbonyl (C=O) groups excluding carboxylic acids is 3. The van der Waals surface area contributed by atoms with Gasteiger partial charge >= 0.3 is 11.9 Å². The third-order valence-electron chi connectivity index (χ3n) is 7.11. The maximum atomic E-state index is 13.3. The van der Waals surface area contributed by atoms with Crippen molar-refractivity contribution in [1.29, 1.82) is 0 Å². The number of benzene rings is 1. The van der Waals surface area contributed by atoms with Crippen molar-refractivity contribution in [2.75, 3.05) is 13.1 Å². The fourth-order valence-electron chi connectivity index (χ4n) is 4.96. The number of unbranched alkanes of at least 4 members (excludes halogenated alkanes) is 1. The largest absolute Gasteiger partial charge is 0.481 e. The molecule has 2 aromatic rings. The molecule has 1 aliphatic heterocycles. The lowest BCUT2D eigenvalue weighted by atomic mass is 10.0. The number of nitrogens with one attached hydrogen (secondary N) is 3. The van der Waals surface area contributed by atoms with Crippen molar-refractivity contribution in [2.45, 2.75) is 75.5 Å². The molecule has 0 aliphatic carbocycles. The fourth-order valence-corrected chi connectivity index (χ4v) is 4.96. The Bertz CT molecular complexity index is 1210. The van der Waals surface area contributed by atoms with E-state index in [9.17, 15) is 34.2 Å². The van der Waals surface area contributed by atoms with Crippen LogP contribution in [0, 0.1) is 0 Å². The normalized spacial score (nSPS) is 17.2. The van der Waals surface area contributed by atoms with Crippen LogP contribution in [0.1, 0.15) is 50.5 Å². The molecule has 1 fully saturated rings. The third kappa shape index (κ3) is 8.02. The maximum Gasteiger partial charge on any atom is 0.326 e. The summed E-state index contributed by atoms with van der Waals surface area (Å²) in [7, 11) is 0. The van der Waals surface area contributed by atoms with Crippen LogP contribution >= 0.6 is 0 Å². The molecule has 9 N–H and O–H groups in total. The Morgan fingerprint density at radius 2 is 1.75 bits per heavy atom. The van der Waals surface area contributed by atoms with Gasteiger partial charge in [0.2, 0.25) is 17.7 Å². The molecule has 3 amide bonds. The van der Waals surface area contributed by atoms with Gasteiger partial charge in [-0.25, -0.2) is 4.79 Å². The molecule has 1 aromatic heterocycles. The Morgan fingerprint density at radius 1 is 1.02 bits per heavy atom. The highest BCUT2D eigenvalue weighted by atomic mass is 16.4. The first kappa shape index (κ1) is 30.6. The number of amides is 3. The first-order valence-corrected chi connectivity index (χ1v) is 13.5. The molecule has 4 atom stereocenters. The van der Waals surface area contributed by atoms with Crippen LogP contribution in [0.3, 0.4) is 0 Å². The van der Waals surface area contributed by atoms with Gasteiger partial charge in [0.25, 0.3) is 0 Å². The molecule has 0 radical (unpaired) electrons. The van der Waals surface area contributed by atoms with Crippen LogP contribution in [0.2, 0.25) is 0 Å². The maximum absolute atomic E-state index is 13.3. The van der Waals surface area contributed by atoms with Gasteiger partial charge in [0, 0.05) is 30.1 Å². The number of nitrogens with zero attached hydrogens (tertiary/aromatic N) is 1. The van der Waals surface area contributed by atoms with E-state index in [-0.39, 0.29) is 32.2 Å². The predicted octanol–water partition coefficient (Wildman–Crippen LogP) is 0.0767. The van der Waals surface area contributed by atoms with Crippen LogP contribution < -0.4 is 22.1 Å². The van der Waals surface area contributed by atoms with E-state index >= 15 is 0 Å². The van der Waals surface area contributed by atoms with Crippen molar-refractivity contribution >= 4 is 40.6 Å².